The SMILES string of the molecule is CSCC[C@H](N)C(=O)NCc1ccc(C(=O)Nc2cccnc2)cc1. The first-order valence-electron chi connectivity index (χ1n) is 7.92. The van der Waals surface area contributed by atoms with Gasteiger partial charge in [-0.2, -0.15) is 11.8 Å². The predicted molar refractivity (Wildman–Crippen MR) is 101 cm³/mol. The summed E-state index contributed by atoms with van der Waals surface area (Å²) < 4.78 is 0. The number of thioether (sulfide) groups is 1. The molecule has 0 unspecified atom stereocenters. The number of hydrogen-bond acceptors (Lipinski definition) is 5. The van der Waals surface area contributed by atoms with Gasteiger partial charge in [0.2, 0.25) is 5.91 Å². The van der Waals surface area contributed by atoms with Crippen molar-refractivity contribution in [2.24, 2.45) is 5.73 Å². The van der Waals surface area contributed by atoms with Crippen LogP contribution in [0.4, 0.5) is 5.69 Å². The summed E-state index contributed by atoms with van der Waals surface area (Å²) in [7, 11) is 0. The molecule has 0 saturated heterocycles. The summed E-state index contributed by atoms with van der Waals surface area (Å²) >= 11 is 1.66. The summed E-state index contributed by atoms with van der Waals surface area (Å²) in [6.07, 6.45) is 5.87. The minimum atomic E-state index is -0.489. The molecule has 6 nitrogen and oxygen atoms in total. The number of rotatable bonds is 8. The minimum absolute atomic E-state index is 0.160. The first kappa shape index (κ1) is 19.0. The third kappa shape index (κ3) is 6.21. The number of amides is 2. The number of nitrogens with two attached hydrogens (primary N) is 1. The Balaban J connectivity index is 1.85. The largest absolute Gasteiger partial charge is 0.351 e. The maximum atomic E-state index is 12.2. The summed E-state index contributed by atoms with van der Waals surface area (Å²) in [5.74, 6) is 0.491. The molecule has 0 aliphatic heterocycles. The quantitative estimate of drug-likeness (QED) is 0.671. The molecular weight excluding hydrogens is 336 g/mol. The molecule has 0 fully saturated rings. The van der Waals surface area contributed by atoms with Crippen molar-refractivity contribution in [3.05, 3.63) is 59.9 Å². The Bertz CT molecular complexity index is 692. The van der Waals surface area contributed by atoms with Gasteiger partial charge >= 0.3 is 0 Å². The smallest absolute Gasteiger partial charge is 0.255 e. The lowest BCUT2D eigenvalue weighted by Crippen LogP contribution is -2.40. The van der Waals surface area contributed by atoms with E-state index in [4.69, 9.17) is 5.73 Å². The van der Waals surface area contributed by atoms with Crippen molar-refractivity contribution < 1.29 is 9.59 Å². The van der Waals surface area contributed by atoms with Crippen molar-refractivity contribution in [1.82, 2.24) is 10.3 Å². The van der Waals surface area contributed by atoms with Gasteiger partial charge in [0.25, 0.3) is 5.91 Å². The van der Waals surface area contributed by atoms with Gasteiger partial charge in [-0.3, -0.25) is 14.6 Å². The number of carbonyl (C=O) groups is 2. The number of aromatic nitrogens is 1. The van der Waals surface area contributed by atoms with E-state index in [1.54, 1.807) is 48.4 Å². The molecule has 25 heavy (non-hydrogen) atoms. The second-order valence-corrected chi connectivity index (χ2v) is 6.48. The van der Waals surface area contributed by atoms with Crippen LogP contribution in [0.3, 0.4) is 0 Å². The molecule has 0 aliphatic rings. The molecule has 132 valence electrons. The zero-order chi connectivity index (χ0) is 18.1. The lowest BCUT2D eigenvalue weighted by atomic mass is 10.1. The first-order valence-corrected chi connectivity index (χ1v) is 9.32. The van der Waals surface area contributed by atoms with Crippen LogP contribution in [0.2, 0.25) is 0 Å². The Morgan fingerprint density at radius 1 is 1.24 bits per heavy atom. The Morgan fingerprint density at radius 2 is 2.00 bits per heavy atom. The van der Waals surface area contributed by atoms with Gasteiger partial charge in [0.15, 0.2) is 0 Å². The van der Waals surface area contributed by atoms with E-state index in [0.29, 0.717) is 24.2 Å². The van der Waals surface area contributed by atoms with E-state index >= 15 is 0 Å². The van der Waals surface area contributed by atoms with E-state index in [0.717, 1.165) is 11.3 Å². The van der Waals surface area contributed by atoms with Crippen LogP contribution >= 0.6 is 11.8 Å². The lowest BCUT2D eigenvalue weighted by Gasteiger charge is -2.12. The van der Waals surface area contributed by atoms with Gasteiger partial charge in [-0.1, -0.05) is 12.1 Å². The van der Waals surface area contributed by atoms with Crippen molar-refractivity contribution in [3.63, 3.8) is 0 Å². The van der Waals surface area contributed by atoms with Crippen molar-refractivity contribution in [2.75, 3.05) is 17.3 Å². The summed E-state index contributed by atoms with van der Waals surface area (Å²) in [6, 6.07) is 10.1. The number of anilines is 1. The summed E-state index contributed by atoms with van der Waals surface area (Å²) in [5, 5.41) is 5.59. The molecule has 0 spiro atoms. The average Bonchev–Trinajstić information content (AvgIpc) is 2.65. The highest BCUT2D eigenvalue weighted by Gasteiger charge is 2.12. The Hall–Kier alpha value is -2.38. The number of hydrogen-bond donors (Lipinski definition) is 3. The van der Waals surface area contributed by atoms with Gasteiger partial charge in [0.05, 0.1) is 17.9 Å². The number of nitrogens with one attached hydrogen (secondary N) is 2. The highest BCUT2D eigenvalue weighted by molar-refractivity contribution is 7.98. The van der Waals surface area contributed by atoms with Crippen LogP contribution in [0, 0.1) is 0 Å². The third-order valence-corrected chi connectivity index (χ3v) is 4.22. The number of pyridine rings is 1. The molecule has 0 radical (unpaired) electrons. The van der Waals surface area contributed by atoms with Gasteiger partial charge in [-0.15, -0.1) is 0 Å². The van der Waals surface area contributed by atoms with Gasteiger partial charge < -0.3 is 16.4 Å². The van der Waals surface area contributed by atoms with Crippen molar-refractivity contribution >= 4 is 29.3 Å². The maximum Gasteiger partial charge on any atom is 0.255 e. The zero-order valence-electron chi connectivity index (χ0n) is 14.1. The van der Waals surface area contributed by atoms with Crippen LogP contribution in [0.15, 0.2) is 48.8 Å². The van der Waals surface area contributed by atoms with Crippen LogP contribution in [0.25, 0.3) is 0 Å². The summed E-state index contributed by atoms with van der Waals surface area (Å²) in [4.78, 5) is 28.0. The van der Waals surface area contributed by atoms with Crippen LogP contribution < -0.4 is 16.4 Å². The summed E-state index contributed by atoms with van der Waals surface area (Å²) in [6.45, 7) is 0.385. The molecule has 0 bridgehead atoms. The fourth-order valence-electron chi connectivity index (χ4n) is 2.11. The molecule has 1 atom stereocenters. The molecule has 0 saturated carbocycles. The maximum absolute atomic E-state index is 12.2. The van der Waals surface area contributed by atoms with E-state index in [-0.39, 0.29) is 11.8 Å². The fraction of sp³-hybridized carbons (Fsp3) is 0.278. The number of benzene rings is 1. The highest BCUT2D eigenvalue weighted by Crippen LogP contribution is 2.09. The Kier molecular flexibility index (Phi) is 7.43. The standard InChI is InChI=1S/C18H22N4O2S/c1-25-10-8-16(19)18(24)21-11-13-4-6-14(7-5-13)17(23)22-15-3-2-9-20-12-15/h2-7,9,12,16H,8,10-11,19H2,1H3,(H,21,24)(H,22,23)/t16-/m0/s1. The normalized spacial score (nSPS) is 11.6. The molecule has 2 rings (SSSR count). The lowest BCUT2D eigenvalue weighted by molar-refractivity contribution is -0.122. The monoisotopic (exact) mass is 358 g/mol. The molecule has 2 aromatic rings. The third-order valence-electron chi connectivity index (χ3n) is 3.57. The molecule has 1 heterocycles. The Morgan fingerprint density at radius 3 is 2.64 bits per heavy atom. The van der Waals surface area contributed by atoms with E-state index in [9.17, 15) is 9.59 Å². The fourth-order valence-corrected chi connectivity index (χ4v) is 2.60. The van der Waals surface area contributed by atoms with Gasteiger partial charge in [0.1, 0.15) is 0 Å². The first-order chi connectivity index (χ1) is 12.1. The Labute approximate surface area is 151 Å². The second kappa shape index (κ2) is 9.80. The number of carbonyl (C=O) groups excluding carboxylic acids is 2. The van der Waals surface area contributed by atoms with Crippen LogP contribution in [-0.4, -0.2) is 34.8 Å². The molecule has 7 heteroatoms. The van der Waals surface area contributed by atoms with Crippen molar-refractivity contribution in [3.8, 4) is 0 Å². The minimum Gasteiger partial charge on any atom is -0.351 e. The molecule has 0 aliphatic carbocycles. The summed E-state index contributed by atoms with van der Waals surface area (Å²) in [5.41, 5.74) is 7.91. The van der Waals surface area contributed by atoms with Crippen molar-refractivity contribution in [2.45, 2.75) is 19.0 Å². The number of nitrogens with zero attached hydrogens (tertiary/aromatic N) is 1. The van der Waals surface area contributed by atoms with Crippen LogP contribution in [-0.2, 0) is 11.3 Å². The zero-order valence-corrected chi connectivity index (χ0v) is 14.9. The van der Waals surface area contributed by atoms with E-state index < -0.39 is 6.04 Å². The van der Waals surface area contributed by atoms with E-state index in [1.807, 2.05) is 18.4 Å². The van der Waals surface area contributed by atoms with E-state index in [2.05, 4.69) is 15.6 Å². The van der Waals surface area contributed by atoms with Gasteiger partial charge in [-0.05, 0) is 48.3 Å². The highest BCUT2D eigenvalue weighted by atomic mass is 32.2. The average molecular weight is 358 g/mol. The van der Waals surface area contributed by atoms with E-state index in [1.165, 1.54) is 0 Å². The second-order valence-electron chi connectivity index (χ2n) is 5.50. The van der Waals surface area contributed by atoms with Gasteiger partial charge in [-0.25, -0.2) is 0 Å². The molecule has 4 N–H and O–H groups in total. The topological polar surface area (TPSA) is 97.1 Å². The van der Waals surface area contributed by atoms with Gasteiger partial charge in [0, 0.05) is 18.3 Å². The molecular formula is C18H22N4O2S. The van der Waals surface area contributed by atoms with Crippen LogP contribution in [0.1, 0.15) is 22.3 Å². The van der Waals surface area contributed by atoms with Crippen molar-refractivity contribution in [1.29, 1.82) is 0 Å². The molecule has 1 aromatic heterocycles. The molecule has 1 aromatic carbocycles. The van der Waals surface area contributed by atoms with Crippen LogP contribution in [0.5, 0.6) is 0 Å². The molecule has 2 amide bonds. The predicted octanol–water partition coefficient (Wildman–Crippen LogP) is 2.03.